The van der Waals surface area contributed by atoms with Gasteiger partial charge in [-0.1, -0.05) is 42.6 Å². The van der Waals surface area contributed by atoms with Crippen LogP contribution in [0.1, 0.15) is 52.4 Å². The molecule has 1 fully saturated rings. The van der Waals surface area contributed by atoms with Gasteiger partial charge >= 0.3 is 0 Å². The summed E-state index contributed by atoms with van der Waals surface area (Å²) in [4.78, 5) is 0. The highest BCUT2D eigenvalue weighted by molar-refractivity contribution is 9.09. The van der Waals surface area contributed by atoms with Gasteiger partial charge in [-0.3, -0.25) is 0 Å². The standard InChI is InChI=1S/C14H27BrOS/c1-3-7-14(11-15,8-4-2)12-17-13-5-9-16-10-6-13/h13H,3-12H2,1-2H3. The van der Waals surface area contributed by atoms with E-state index in [1.165, 1.54) is 44.3 Å². The topological polar surface area (TPSA) is 9.23 Å². The molecular weight excluding hydrogens is 296 g/mol. The third kappa shape index (κ3) is 5.52. The van der Waals surface area contributed by atoms with Crippen LogP contribution in [-0.2, 0) is 4.74 Å². The molecule has 17 heavy (non-hydrogen) atoms. The third-order valence-electron chi connectivity index (χ3n) is 3.64. The average Bonchev–Trinajstić information content (AvgIpc) is 2.38. The molecule has 0 radical (unpaired) electrons. The summed E-state index contributed by atoms with van der Waals surface area (Å²) in [6.07, 6.45) is 7.84. The molecule has 1 saturated heterocycles. The Morgan fingerprint density at radius 3 is 2.24 bits per heavy atom. The summed E-state index contributed by atoms with van der Waals surface area (Å²) >= 11 is 5.96. The summed E-state index contributed by atoms with van der Waals surface area (Å²) < 4.78 is 5.43. The maximum absolute atomic E-state index is 5.43. The first-order chi connectivity index (χ1) is 8.26. The second-order valence-corrected chi connectivity index (χ2v) is 7.11. The van der Waals surface area contributed by atoms with Gasteiger partial charge in [0.25, 0.3) is 0 Å². The van der Waals surface area contributed by atoms with Crippen LogP contribution in [0.15, 0.2) is 0 Å². The Morgan fingerprint density at radius 2 is 1.76 bits per heavy atom. The number of rotatable bonds is 8. The van der Waals surface area contributed by atoms with Crippen molar-refractivity contribution >= 4 is 27.7 Å². The summed E-state index contributed by atoms with van der Waals surface area (Å²) in [6, 6.07) is 0. The largest absolute Gasteiger partial charge is 0.381 e. The van der Waals surface area contributed by atoms with Gasteiger partial charge in [0.1, 0.15) is 0 Å². The first-order valence-electron chi connectivity index (χ1n) is 7.01. The molecule has 0 aliphatic carbocycles. The minimum Gasteiger partial charge on any atom is -0.381 e. The van der Waals surface area contributed by atoms with E-state index in [2.05, 4.69) is 41.5 Å². The lowest BCUT2D eigenvalue weighted by molar-refractivity contribution is 0.0999. The summed E-state index contributed by atoms with van der Waals surface area (Å²) in [5.74, 6) is 1.32. The zero-order valence-electron chi connectivity index (χ0n) is 11.3. The summed E-state index contributed by atoms with van der Waals surface area (Å²) in [5.41, 5.74) is 0.534. The number of halogens is 1. The van der Waals surface area contributed by atoms with Crippen LogP contribution in [0, 0.1) is 5.41 Å². The van der Waals surface area contributed by atoms with Crippen LogP contribution in [-0.4, -0.2) is 29.5 Å². The van der Waals surface area contributed by atoms with Gasteiger partial charge in [-0.2, -0.15) is 11.8 Å². The number of thioether (sulfide) groups is 1. The molecule has 0 saturated carbocycles. The van der Waals surface area contributed by atoms with Crippen LogP contribution in [0.2, 0.25) is 0 Å². The smallest absolute Gasteiger partial charge is 0.0476 e. The van der Waals surface area contributed by atoms with E-state index in [1.54, 1.807) is 0 Å². The number of ether oxygens (including phenoxy) is 1. The Balaban J connectivity index is 2.40. The van der Waals surface area contributed by atoms with Crippen molar-refractivity contribution in [3.8, 4) is 0 Å². The van der Waals surface area contributed by atoms with E-state index < -0.39 is 0 Å². The van der Waals surface area contributed by atoms with Crippen molar-refractivity contribution < 1.29 is 4.74 Å². The van der Waals surface area contributed by atoms with Gasteiger partial charge in [0.15, 0.2) is 0 Å². The van der Waals surface area contributed by atoms with E-state index in [4.69, 9.17) is 4.74 Å². The lowest BCUT2D eigenvalue weighted by Gasteiger charge is -2.33. The minimum atomic E-state index is 0.534. The fourth-order valence-corrected chi connectivity index (χ4v) is 5.17. The molecule has 0 aromatic heterocycles. The zero-order valence-corrected chi connectivity index (χ0v) is 13.7. The van der Waals surface area contributed by atoms with Crippen LogP contribution in [0.25, 0.3) is 0 Å². The Labute approximate surface area is 120 Å². The third-order valence-corrected chi connectivity index (χ3v) is 6.55. The Morgan fingerprint density at radius 1 is 1.18 bits per heavy atom. The molecule has 1 aliphatic heterocycles. The van der Waals surface area contributed by atoms with Crippen molar-refractivity contribution in [3.05, 3.63) is 0 Å². The van der Waals surface area contributed by atoms with E-state index in [1.807, 2.05) is 0 Å². The van der Waals surface area contributed by atoms with Crippen LogP contribution < -0.4 is 0 Å². The van der Waals surface area contributed by atoms with Gasteiger partial charge in [0, 0.05) is 29.5 Å². The molecule has 1 heterocycles. The second kappa shape index (κ2) is 8.82. The fourth-order valence-electron chi connectivity index (χ4n) is 2.64. The van der Waals surface area contributed by atoms with Crippen molar-refractivity contribution in [2.75, 3.05) is 24.3 Å². The highest BCUT2D eigenvalue weighted by Crippen LogP contribution is 2.38. The molecule has 0 aromatic rings. The van der Waals surface area contributed by atoms with Gasteiger partial charge < -0.3 is 4.74 Å². The number of alkyl halides is 1. The molecule has 0 aromatic carbocycles. The van der Waals surface area contributed by atoms with Gasteiger partial charge in [0.2, 0.25) is 0 Å². The fraction of sp³-hybridized carbons (Fsp3) is 1.00. The molecule has 1 aliphatic rings. The zero-order chi connectivity index (χ0) is 12.6. The van der Waals surface area contributed by atoms with Crippen LogP contribution in [0.4, 0.5) is 0 Å². The molecular formula is C14H27BrOS. The average molecular weight is 323 g/mol. The van der Waals surface area contributed by atoms with Crippen molar-refractivity contribution in [3.63, 3.8) is 0 Å². The van der Waals surface area contributed by atoms with E-state index in [9.17, 15) is 0 Å². The van der Waals surface area contributed by atoms with E-state index >= 15 is 0 Å². The highest BCUT2D eigenvalue weighted by Gasteiger charge is 2.28. The molecule has 0 atom stereocenters. The highest BCUT2D eigenvalue weighted by atomic mass is 79.9. The van der Waals surface area contributed by atoms with Crippen LogP contribution >= 0.6 is 27.7 Å². The normalized spacial score (nSPS) is 18.5. The molecule has 1 nitrogen and oxygen atoms in total. The first-order valence-corrected chi connectivity index (χ1v) is 9.18. The predicted octanol–water partition coefficient (Wildman–Crippen LogP) is 4.88. The monoisotopic (exact) mass is 322 g/mol. The van der Waals surface area contributed by atoms with E-state index in [0.29, 0.717) is 5.41 Å². The Hall–Kier alpha value is 0.790. The van der Waals surface area contributed by atoms with Crippen molar-refractivity contribution in [2.24, 2.45) is 5.41 Å². The second-order valence-electron chi connectivity index (χ2n) is 5.26. The summed E-state index contributed by atoms with van der Waals surface area (Å²) in [6.45, 7) is 6.57. The molecule has 0 amide bonds. The maximum atomic E-state index is 5.43. The Kier molecular flexibility index (Phi) is 8.22. The summed E-state index contributed by atoms with van der Waals surface area (Å²) in [5, 5.41) is 2.01. The van der Waals surface area contributed by atoms with Gasteiger partial charge in [0.05, 0.1) is 0 Å². The number of hydrogen-bond acceptors (Lipinski definition) is 2. The van der Waals surface area contributed by atoms with E-state index in [-0.39, 0.29) is 0 Å². The van der Waals surface area contributed by atoms with Gasteiger partial charge in [-0.15, -0.1) is 0 Å². The molecule has 0 N–H and O–H groups in total. The van der Waals surface area contributed by atoms with Crippen LogP contribution in [0.5, 0.6) is 0 Å². The molecule has 3 heteroatoms. The van der Waals surface area contributed by atoms with Gasteiger partial charge in [-0.05, 0) is 31.1 Å². The first kappa shape index (κ1) is 15.8. The molecule has 1 rings (SSSR count). The van der Waals surface area contributed by atoms with Gasteiger partial charge in [-0.25, -0.2) is 0 Å². The summed E-state index contributed by atoms with van der Waals surface area (Å²) in [7, 11) is 0. The van der Waals surface area contributed by atoms with Crippen LogP contribution in [0.3, 0.4) is 0 Å². The van der Waals surface area contributed by atoms with E-state index in [0.717, 1.165) is 23.8 Å². The van der Waals surface area contributed by atoms with Crippen molar-refractivity contribution in [1.29, 1.82) is 0 Å². The Bertz CT molecular complexity index is 187. The molecule has 0 bridgehead atoms. The van der Waals surface area contributed by atoms with Crippen molar-refractivity contribution in [1.82, 2.24) is 0 Å². The predicted molar refractivity (Wildman–Crippen MR) is 82.3 cm³/mol. The lowest BCUT2D eigenvalue weighted by Crippen LogP contribution is -2.28. The lowest BCUT2D eigenvalue weighted by atomic mass is 9.83. The van der Waals surface area contributed by atoms with Crippen molar-refractivity contribution in [2.45, 2.75) is 57.6 Å². The molecule has 0 spiro atoms. The SMILES string of the molecule is CCCC(CBr)(CCC)CSC1CCOCC1. The molecule has 102 valence electrons. The number of hydrogen-bond donors (Lipinski definition) is 0. The minimum absolute atomic E-state index is 0.534. The molecule has 0 unspecified atom stereocenters. The quantitative estimate of drug-likeness (QED) is 0.589. The maximum Gasteiger partial charge on any atom is 0.0476 e.